The van der Waals surface area contributed by atoms with Crippen molar-refractivity contribution in [3.05, 3.63) is 0 Å². The second-order valence-corrected chi connectivity index (χ2v) is 4.69. The van der Waals surface area contributed by atoms with Gasteiger partial charge < -0.3 is 20.1 Å². The Morgan fingerprint density at radius 2 is 2.17 bits per heavy atom. The number of aliphatic carboxylic acids is 1. The molecule has 0 aromatic rings. The molecular weight excluding hydrogens is 236 g/mol. The first-order valence-corrected chi connectivity index (χ1v) is 6.35. The quantitative estimate of drug-likeness (QED) is 0.790. The first-order chi connectivity index (χ1) is 8.56. The van der Waals surface area contributed by atoms with Crippen LogP contribution in [0.2, 0.25) is 0 Å². The monoisotopic (exact) mass is 258 g/mol. The van der Waals surface area contributed by atoms with Crippen molar-refractivity contribution in [3.8, 4) is 0 Å². The summed E-state index contributed by atoms with van der Waals surface area (Å²) in [6.45, 7) is 2.66. The smallest absolute Gasteiger partial charge is 0.328 e. The number of amides is 2. The molecule has 2 unspecified atom stereocenters. The maximum absolute atomic E-state index is 12.0. The molecule has 2 atom stereocenters. The molecule has 6 heteroatoms. The Labute approximate surface area is 107 Å². The molecule has 2 N–H and O–H groups in total. The molecular formula is C12H22N2O4. The molecule has 1 heterocycles. The minimum Gasteiger partial charge on any atom is -0.480 e. The molecule has 104 valence electrons. The lowest BCUT2D eigenvalue weighted by Crippen LogP contribution is -2.52. The molecule has 1 aliphatic rings. The van der Waals surface area contributed by atoms with Gasteiger partial charge in [-0.25, -0.2) is 9.59 Å². The van der Waals surface area contributed by atoms with E-state index in [4.69, 9.17) is 9.84 Å². The van der Waals surface area contributed by atoms with E-state index < -0.39 is 12.0 Å². The summed E-state index contributed by atoms with van der Waals surface area (Å²) in [6.07, 6.45) is 4.18. The van der Waals surface area contributed by atoms with Crippen LogP contribution in [0.15, 0.2) is 0 Å². The van der Waals surface area contributed by atoms with E-state index in [0.29, 0.717) is 6.54 Å². The molecule has 0 saturated carbocycles. The van der Waals surface area contributed by atoms with Crippen molar-refractivity contribution in [3.63, 3.8) is 0 Å². The Hall–Kier alpha value is -1.30. The summed E-state index contributed by atoms with van der Waals surface area (Å²) in [7, 11) is 1.41. The van der Waals surface area contributed by atoms with Gasteiger partial charge in [0.05, 0.1) is 6.61 Å². The van der Waals surface area contributed by atoms with Crippen LogP contribution < -0.4 is 5.32 Å². The third-order valence-electron chi connectivity index (χ3n) is 3.24. The Morgan fingerprint density at radius 3 is 2.78 bits per heavy atom. The normalized spacial score (nSPS) is 22.1. The lowest BCUT2D eigenvalue weighted by Gasteiger charge is -2.28. The molecule has 6 nitrogen and oxygen atoms in total. The molecule has 1 rings (SSSR count). The lowest BCUT2D eigenvalue weighted by atomic mass is 10.1. The van der Waals surface area contributed by atoms with Crippen LogP contribution in [0.1, 0.15) is 32.6 Å². The average Bonchev–Trinajstić information content (AvgIpc) is 2.53. The van der Waals surface area contributed by atoms with Gasteiger partial charge in [-0.1, -0.05) is 12.8 Å². The zero-order valence-electron chi connectivity index (χ0n) is 11.0. The Morgan fingerprint density at radius 1 is 1.44 bits per heavy atom. The van der Waals surface area contributed by atoms with Gasteiger partial charge in [-0.15, -0.1) is 0 Å². The molecule has 1 fully saturated rings. The number of carboxylic acid groups (broad SMARTS) is 1. The Balaban J connectivity index is 2.58. The zero-order chi connectivity index (χ0) is 13.5. The molecule has 0 aromatic carbocycles. The summed E-state index contributed by atoms with van der Waals surface area (Å²) >= 11 is 0. The molecule has 18 heavy (non-hydrogen) atoms. The summed E-state index contributed by atoms with van der Waals surface area (Å²) in [5.74, 6) is -1.08. The van der Waals surface area contributed by atoms with Crippen LogP contribution in [0.4, 0.5) is 4.79 Å². The van der Waals surface area contributed by atoms with Crippen molar-refractivity contribution in [1.29, 1.82) is 0 Å². The third-order valence-corrected chi connectivity index (χ3v) is 3.24. The first-order valence-electron chi connectivity index (χ1n) is 6.35. The van der Waals surface area contributed by atoms with E-state index in [-0.39, 0.29) is 18.7 Å². The maximum Gasteiger partial charge on any atom is 0.328 e. The minimum atomic E-state index is -1.08. The number of nitrogens with one attached hydrogen (secondary N) is 1. The van der Waals surface area contributed by atoms with Crippen molar-refractivity contribution >= 4 is 12.0 Å². The molecule has 2 amide bonds. The van der Waals surface area contributed by atoms with Gasteiger partial charge >= 0.3 is 12.0 Å². The van der Waals surface area contributed by atoms with E-state index >= 15 is 0 Å². The highest BCUT2D eigenvalue weighted by atomic mass is 16.5. The van der Waals surface area contributed by atoms with Crippen molar-refractivity contribution in [2.75, 3.05) is 20.3 Å². The van der Waals surface area contributed by atoms with Gasteiger partial charge in [0, 0.05) is 19.7 Å². The maximum atomic E-state index is 12.0. The fourth-order valence-corrected chi connectivity index (χ4v) is 2.15. The van der Waals surface area contributed by atoms with Gasteiger partial charge in [0.15, 0.2) is 6.04 Å². The van der Waals surface area contributed by atoms with E-state index in [1.54, 1.807) is 4.90 Å². The second kappa shape index (κ2) is 7.20. The van der Waals surface area contributed by atoms with Gasteiger partial charge in [-0.2, -0.15) is 0 Å². The number of likely N-dealkylation sites (tertiary alicyclic amines) is 1. The molecule has 1 aliphatic heterocycles. The molecule has 0 radical (unpaired) electrons. The third kappa shape index (κ3) is 4.18. The average molecular weight is 258 g/mol. The van der Waals surface area contributed by atoms with Gasteiger partial charge in [0.1, 0.15) is 0 Å². The van der Waals surface area contributed by atoms with E-state index in [2.05, 4.69) is 5.32 Å². The lowest BCUT2D eigenvalue weighted by molar-refractivity contribution is -0.140. The SMILES string of the molecule is COCC(NC(=O)N1CCCCCC1C)C(=O)O. The molecule has 1 saturated heterocycles. The van der Waals surface area contributed by atoms with Gasteiger partial charge in [-0.3, -0.25) is 0 Å². The standard InChI is InChI=1S/C12H22N2O4/c1-9-6-4-3-5-7-14(9)12(17)13-10(8-18-2)11(15)16/h9-10H,3-8H2,1-2H3,(H,13,17)(H,15,16). The number of carboxylic acids is 1. The van der Waals surface area contributed by atoms with E-state index in [9.17, 15) is 9.59 Å². The summed E-state index contributed by atoms with van der Waals surface area (Å²) in [5, 5.41) is 11.5. The van der Waals surface area contributed by atoms with Crippen LogP contribution in [0.25, 0.3) is 0 Å². The number of hydrogen-bond acceptors (Lipinski definition) is 3. The number of carbonyl (C=O) groups is 2. The van der Waals surface area contributed by atoms with Crippen LogP contribution in [-0.4, -0.2) is 54.4 Å². The highest BCUT2D eigenvalue weighted by molar-refractivity contribution is 5.82. The minimum absolute atomic E-state index is 0.0245. The van der Waals surface area contributed by atoms with Crippen LogP contribution >= 0.6 is 0 Å². The second-order valence-electron chi connectivity index (χ2n) is 4.69. The predicted octanol–water partition coefficient (Wildman–Crippen LogP) is 1.06. The fourth-order valence-electron chi connectivity index (χ4n) is 2.15. The summed E-state index contributed by atoms with van der Waals surface area (Å²) in [6, 6.07) is -1.14. The van der Waals surface area contributed by atoms with E-state index in [1.807, 2.05) is 6.92 Å². The van der Waals surface area contributed by atoms with Gasteiger partial charge in [-0.05, 0) is 19.8 Å². The number of hydrogen-bond donors (Lipinski definition) is 2. The molecule has 0 aliphatic carbocycles. The topological polar surface area (TPSA) is 78.9 Å². The summed E-state index contributed by atoms with van der Waals surface area (Å²) in [5.41, 5.74) is 0. The summed E-state index contributed by atoms with van der Waals surface area (Å²) < 4.78 is 4.79. The Bertz CT molecular complexity index is 296. The summed E-state index contributed by atoms with van der Waals surface area (Å²) in [4.78, 5) is 24.7. The van der Waals surface area contributed by atoms with Crippen LogP contribution in [0, 0.1) is 0 Å². The first kappa shape index (κ1) is 14.8. The van der Waals surface area contributed by atoms with Crippen molar-refractivity contribution in [2.24, 2.45) is 0 Å². The Kier molecular flexibility index (Phi) is 5.91. The van der Waals surface area contributed by atoms with Gasteiger partial charge in [0.25, 0.3) is 0 Å². The largest absolute Gasteiger partial charge is 0.480 e. The molecule has 0 aromatic heterocycles. The zero-order valence-corrected chi connectivity index (χ0v) is 11.0. The molecule has 0 bridgehead atoms. The van der Waals surface area contributed by atoms with E-state index in [1.165, 1.54) is 7.11 Å². The van der Waals surface area contributed by atoms with Crippen molar-refractivity contribution in [1.82, 2.24) is 10.2 Å². The number of methoxy groups -OCH3 is 1. The number of carbonyl (C=O) groups excluding carboxylic acids is 1. The fraction of sp³-hybridized carbons (Fsp3) is 0.833. The predicted molar refractivity (Wildman–Crippen MR) is 66.5 cm³/mol. The van der Waals surface area contributed by atoms with Gasteiger partial charge in [0.2, 0.25) is 0 Å². The number of ether oxygens (including phenoxy) is 1. The highest BCUT2D eigenvalue weighted by Crippen LogP contribution is 2.16. The highest BCUT2D eigenvalue weighted by Gasteiger charge is 2.26. The van der Waals surface area contributed by atoms with Crippen LogP contribution in [0.3, 0.4) is 0 Å². The van der Waals surface area contributed by atoms with Crippen molar-refractivity contribution < 1.29 is 19.4 Å². The van der Waals surface area contributed by atoms with Crippen LogP contribution in [-0.2, 0) is 9.53 Å². The number of rotatable bonds is 4. The van der Waals surface area contributed by atoms with Crippen LogP contribution in [0.5, 0.6) is 0 Å². The van der Waals surface area contributed by atoms with Crippen molar-refractivity contribution in [2.45, 2.75) is 44.7 Å². The van der Waals surface area contributed by atoms with E-state index in [0.717, 1.165) is 25.7 Å². The number of urea groups is 1. The molecule has 0 spiro atoms. The number of nitrogens with zero attached hydrogens (tertiary/aromatic N) is 1.